The first kappa shape index (κ1) is 14.8. The number of methoxy groups -OCH3 is 1. The lowest BCUT2D eigenvalue weighted by Gasteiger charge is -2.41. The number of para-hydroxylation sites is 1. The molecule has 2 N–H and O–H groups in total. The smallest absolute Gasteiger partial charge is 0.123 e. The van der Waals surface area contributed by atoms with Crippen molar-refractivity contribution in [2.45, 2.75) is 37.9 Å². The molecule has 1 saturated carbocycles. The van der Waals surface area contributed by atoms with Crippen molar-refractivity contribution in [2.24, 2.45) is 5.73 Å². The van der Waals surface area contributed by atoms with Gasteiger partial charge in [0.25, 0.3) is 0 Å². The van der Waals surface area contributed by atoms with Gasteiger partial charge in [0.15, 0.2) is 0 Å². The molecule has 0 radical (unpaired) electrons. The van der Waals surface area contributed by atoms with Crippen LogP contribution in [0.4, 0.5) is 0 Å². The van der Waals surface area contributed by atoms with E-state index < -0.39 is 0 Å². The van der Waals surface area contributed by atoms with Crippen LogP contribution in [0.5, 0.6) is 5.75 Å². The first-order chi connectivity index (χ1) is 10.2. The number of hydrogen-bond donors (Lipinski definition) is 1. The van der Waals surface area contributed by atoms with Gasteiger partial charge in [-0.3, -0.25) is 9.80 Å². The van der Waals surface area contributed by atoms with Crippen LogP contribution in [0.3, 0.4) is 0 Å². The van der Waals surface area contributed by atoms with Crippen LogP contribution in [0.25, 0.3) is 0 Å². The fourth-order valence-electron chi connectivity index (χ4n) is 3.54. The Morgan fingerprint density at radius 2 is 1.81 bits per heavy atom. The molecule has 0 amide bonds. The largest absolute Gasteiger partial charge is 0.496 e. The van der Waals surface area contributed by atoms with E-state index in [-0.39, 0.29) is 12.1 Å². The summed E-state index contributed by atoms with van der Waals surface area (Å²) in [5.74, 6) is 0.949. The van der Waals surface area contributed by atoms with Crippen molar-refractivity contribution in [3.8, 4) is 5.75 Å². The van der Waals surface area contributed by atoms with Crippen LogP contribution in [-0.2, 0) is 0 Å². The predicted octanol–water partition coefficient (Wildman–Crippen LogP) is 1.86. The number of ether oxygens (including phenoxy) is 1. The van der Waals surface area contributed by atoms with E-state index in [0.29, 0.717) is 0 Å². The fraction of sp³-hybridized carbons (Fsp3) is 0.647. The Labute approximate surface area is 127 Å². The summed E-state index contributed by atoms with van der Waals surface area (Å²) < 4.78 is 5.54. The summed E-state index contributed by atoms with van der Waals surface area (Å²) in [7, 11) is 1.74. The molecular weight excluding hydrogens is 262 g/mol. The van der Waals surface area contributed by atoms with Gasteiger partial charge >= 0.3 is 0 Å². The van der Waals surface area contributed by atoms with Gasteiger partial charge in [-0.1, -0.05) is 18.2 Å². The normalized spacial score (nSPS) is 23.8. The van der Waals surface area contributed by atoms with E-state index >= 15 is 0 Å². The molecule has 4 heteroatoms. The third-order valence-electron chi connectivity index (χ3n) is 4.76. The van der Waals surface area contributed by atoms with Gasteiger partial charge < -0.3 is 10.5 Å². The molecule has 3 rings (SSSR count). The minimum absolute atomic E-state index is 0.0915. The Kier molecular flexibility index (Phi) is 4.48. The predicted molar refractivity (Wildman–Crippen MR) is 85.6 cm³/mol. The highest BCUT2D eigenvalue weighted by molar-refractivity contribution is 5.36. The molecule has 0 spiro atoms. The van der Waals surface area contributed by atoms with Crippen molar-refractivity contribution >= 4 is 0 Å². The van der Waals surface area contributed by atoms with E-state index in [2.05, 4.69) is 28.9 Å². The third-order valence-corrected chi connectivity index (χ3v) is 4.76. The maximum Gasteiger partial charge on any atom is 0.123 e. The molecule has 2 atom stereocenters. The average molecular weight is 289 g/mol. The number of piperazine rings is 1. The minimum atomic E-state index is 0.0915. The molecule has 1 aromatic rings. The van der Waals surface area contributed by atoms with Crippen LogP contribution in [-0.4, -0.2) is 55.2 Å². The molecule has 2 unspecified atom stereocenters. The lowest BCUT2D eigenvalue weighted by molar-refractivity contribution is 0.0815. The van der Waals surface area contributed by atoms with E-state index in [4.69, 9.17) is 10.5 Å². The highest BCUT2D eigenvalue weighted by Crippen LogP contribution is 2.33. The van der Waals surface area contributed by atoms with E-state index in [1.807, 2.05) is 12.1 Å². The van der Waals surface area contributed by atoms with Gasteiger partial charge in [0, 0.05) is 43.8 Å². The van der Waals surface area contributed by atoms with Gasteiger partial charge in [0.05, 0.1) is 13.2 Å². The second-order valence-electron chi connectivity index (χ2n) is 6.35. The third kappa shape index (κ3) is 3.23. The zero-order chi connectivity index (χ0) is 14.8. The van der Waals surface area contributed by atoms with Gasteiger partial charge in [-0.15, -0.1) is 0 Å². The van der Waals surface area contributed by atoms with Crippen LogP contribution in [0.2, 0.25) is 0 Å². The molecule has 2 aliphatic rings. The second kappa shape index (κ2) is 6.34. The van der Waals surface area contributed by atoms with Crippen LogP contribution < -0.4 is 10.5 Å². The molecule has 0 bridgehead atoms. The summed E-state index contributed by atoms with van der Waals surface area (Å²) in [5.41, 5.74) is 7.54. The number of nitrogens with two attached hydrogens (primary N) is 1. The molecule has 0 aromatic heterocycles. The summed E-state index contributed by atoms with van der Waals surface area (Å²) in [5, 5.41) is 0. The maximum absolute atomic E-state index is 6.32. The lowest BCUT2D eigenvalue weighted by atomic mass is 9.97. The van der Waals surface area contributed by atoms with Gasteiger partial charge in [-0.2, -0.15) is 0 Å². The van der Waals surface area contributed by atoms with Crippen molar-refractivity contribution in [3.05, 3.63) is 29.8 Å². The molecule has 116 valence electrons. The number of nitrogens with zero attached hydrogens (tertiary/aromatic N) is 2. The molecular formula is C17H27N3O. The molecule has 1 aromatic carbocycles. The van der Waals surface area contributed by atoms with Crippen LogP contribution in [0.15, 0.2) is 24.3 Å². The highest BCUT2D eigenvalue weighted by Gasteiger charge is 2.34. The van der Waals surface area contributed by atoms with Crippen molar-refractivity contribution in [2.75, 3.05) is 33.3 Å². The zero-order valence-electron chi connectivity index (χ0n) is 13.2. The SMILES string of the molecule is COc1ccccc1C(C(C)N)N1CCN(C2CC2)CC1. The number of hydrogen-bond acceptors (Lipinski definition) is 4. The standard InChI is InChI=1S/C17H27N3O/c1-13(18)17(15-5-3-4-6-16(15)21-2)20-11-9-19(10-12-20)14-7-8-14/h3-6,13-14,17H,7-12,18H2,1-2H3. The van der Waals surface area contributed by atoms with E-state index in [0.717, 1.165) is 24.9 Å². The van der Waals surface area contributed by atoms with Crippen LogP contribution in [0.1, 0.15) is 31.4 Å². The van der Waals surface area contributed by atoms with Crippen molar-refractivity contribution in [3.63, 3.8) is 0 Å². The summed E-state index contributed by atoms with van der Waals surface area (Å²) in [6.45, 7) is 6.64. The molecule has 1 saturated heterocycles. The van der Waals surface area contributed by atoms with Crippen molar-refractivity contribution < 1.29 is 4.74 Å². The summed E-state index contributed by atoms with van der Waals surface area (Å²) in [4.78, 5) is 5.17. The van der Waals surface area contributed by atoms with Gasteiger partial charge in [0.2, 0.25) is 0 Å². The molecule has 1 aliphatic heterocycles. The van der Waals surface area contributed by atoms with Gasteiger partial charge in [-0.25, -0.2) is 0 Å². The lowest BCUT2D eigenvalue weighted by Crippen LogP contribution is -2.51. The van der Waals surface area contributed by atoms with E-state index in [9.17, 15) is 0 Å². The zero-order valence-corrected chi connectivity index (χ0v) is 13.2. The van der Waals surface area contributed by atoms with E-state index in [1.54, 1.807) is 7.11 Å². The number of benzene rings is 1. The van der Waals surface area contributed by atoms with E-state index in [1.165, 1.54) is 31.5 Å². The summed E-state index contributed by atoms with van der Waals surface area (Å²) in [6, 6.07) is 9.48. The molecule has 4 nitrogen and oxygen atoms in total. The van der Waals surface area contributed by atoms with Crippen LogP contribution in [0, 0.1) is 0 Å². The second-order valence-corrected chi connectivity index (χ2v) is 6.35. The topological polar surface area (TPSA) is 41.7 Å². The fourth-order valence-corrected chi connectivity index (χ4v) is 3.54. The van der Waals surface area contributed by atoms with Crippen molar-refractivity contribution in [1.82, 2.24) is 9.80 Å². The Morgan fingerprint density at radius 3 is 2.38 bits per heavy atom. The highest BCUT2D eigenvalue weighted by atomic mass is 16.5. The van der Waals surface area contributed by atoms with Crippen LogP contribution >= 0.6 is 0 Å². The Morgan fingerprint density at radius 1 is 1.14 bits per heavy atom. The monoisotopic (exact) mass is 289 g/mol. The molecule has 21 heavy (non-hydrogen) atoms. The first-order valence-electron chi connectivity index (χ1n) is 8.07. The molecule has 1 heterocycles. The number of rotatable bonds is 5. The van der Waals surface area contributed by atoms with Gasteiger partial charge in [0.1, 0.15) is 5.75 Å². The van der Waals surface area contributed by atoms with Gasteiger partial charge in [-0.05, 0) is 25.8 Å². The molecule has 2 fully saturated rings. The minimum Gasteiger partial charge on any atom is -0.496 e. The first-order valence-corrected chi connectivity index (χ1v) is 8.07. The van der Waals surface area contributed by atoms with Crippen molar-refractivity contribution in [1.29, 1.82) is 0 Å². The quantitative estimate of drug-likeness (QED) is 0.898. The maximum atomic E-state index is 6.32. The summed E-state index contributed by atoms with van der Waals surface area (Å²) in [6.07, 6.45) is 2.78. The Balaban J connectivity index is 1.75. The summed E-state index contributed by atoms with van der Waals surface area (Å²) >= 11 is 0. The Bertz CT molecular complexity index is 465. The molecule has 1 aliphatic carbocycles. The Hall–Kier alpha value is -1.10. The average Bonchev–Trinajstić information content (AvgIpc) is 3.33.